The molecule has 3 unspecified atom stereocenters. The number of carboxylic acids is 2. The molecule has 12 nitrogen and oxygen atoms in total. The van der Waals surface area contributed by atoms with Gasteiger partial charge in [-0.1, -0.05) is 13.8 Å². The van der Waals surface area contributed by atoms with Crippen molar-refractivity contribution in [3.63, 3.8) is 0 Å². The molecule has 0 radical (unpaired) electrons. The standard InChI is InChI=1S/C16H28N4O8/c1-8(2)5-9(17)14(26)19-10(3-4-12(22)23)16(28)20-11(7-21)15(27)18-6-13(24)25/h8-11,21H,3-7,17H2,1-2H3,(H,18,27)(H,19,26)(H,20,28)(H,22,23)(H,24,25). The number of hydrogen-bond acceptors (Lipinski definition) is 7. The van der Waals surface area contributed by atoms with Crippen molar-refractivity contribution in [1.29, 1.82) is 0 Å². The highest BCUT2D eigenvalue weighted by Gasteiger charge is 2.28. The molecule has 0 aliphatic heterocycles. The number of carboxylic acid groups (broad SMARTS) is 2. The molecule has 3 atom stereocenters. The molecule has 0 aromatic rings. The van der Waals surface area contributed by atoms with Crippen LogP contribution in [0.1, 0.15) is 33.1 Å². The molecule has 12 heteroatoms. The normalized spacial score (nSPS) is 13.9. The summed E-state index contributed by atoms with van der Waals surface area (Å²) in [7, 11) is 0. The zero-order chi connectivity index (χ0) is 21.9. The first kappa shape index (κ1) is 25.3. The molecule has 0 aromatic heterocycles. The maximum absolute atomic E-state index is 12.4. The Labute approximate surface area is 161 Å². The summed E-state index contributed by atoms with van der Waals surface area (Å²) < 4.78 is 0. The average Bonchev–Trinajstić information content (AvgIpc) is 2.59. The second-order valence-electron chi connectivity index (χ2n) is 6.58. The monoisotopic (exact) mass is 404 g/mol. The van der Waals surface area contributed by atoms with Crippen molar-refractivity contribution in [1.82, 2.24) is 16.0 Å². The number of rotatable bonds is 13. The van der Waals surface area contributed by atoms with Gasteiger partial charge in [-0.15, -0.1) is 0 Å². The van der Waals surface area contributed by atoms with Crippen LogP contribution in [-0.2, 0) is 24.0 Å². The molecule has 8 N–H and O–H groups in total. The lowest BCUT2D eigenvalue weighted by Crippen LogP contribution is -2.57. The Morgan fingerprint density at radius 1 is 0.893 bits per heavy atom. The van der Waals surface area contributed by atoms with E-state index in [1.165, 1.54) is 0 Å². The van der Waals surface area contributed by atoms with Gasteiger partial charge in [0.25, 0.3) is 0 Å². The smallest absolute Gasteiger partial charge is 0.322 e. The first-order valence-electron chi connectivity index (χ1n) is 8.66. The number of nitrogens with one attached hydrogen (secondary N) is 3. The quantitative estimate of drug-likeness (QED) is 0.171. The summed E-state index contributed by atoms with van der Waals surface area (Å²) in [6.07, 6.45) is -0.362. The molecule has 0 saturated carbocycles. The molecular weight excluding hydrogens is 376 g/mol. The maximum atomic E-state index is 12.4. The predicted octanol–water partition coefficient (Wildman–Crippen LogP) is -2.61. The Bertz CT molecular complexity index is 581. The lowest BCUT2D eigenvalue weighted by molar-refractivity contribution is -0.139. The number of aliphatic hydroxyl groups is 1. The zero-order valence-electron chi connectivity index (χ0n) is 15.8. The van der Waals surface area contributed by atoms with Gasteiger partial charge >= 0.3 is 11.9 Å². The van der Waals surface area contributed by atoms with Crippen LogP contribution >= 0.6 is 0 Å². The van der Waals surface area contributed by atoms with Crippen LogP contribution in [0.25, 0.3) is 0 Å². The second-order valence-corrected chi connectivity index (χ2v) is 6.58. The average molecular weight is 404 g/mol. The third kappa shape index (κ3) is 10.4. The Morgan fingerprint density at radius 2 is 1.46 bits per heavy atom. The molecule has 0 fully saturated rings. The van der Waals surface area contributed by atoms with E-state index in [1.54, 1.807) is 0 Å². The fraction of sp³-hybridized carbons (Fsp3) is 0.688. The molecule has 0 bridgehead atoms. The Kier molecular flexibility index (Phi) is 11.4. The van der Waals surface area contributed by atoms with Crippen LogP contribution in [0.3, 0.4) is 0 Å². The SMILES string of the molecule is CC(C)CC(N)C(=O)NC(CCC(=O)O)C(=O)NC(CO)C(=O)NCC(=O)O. The van der Waals surface area contributed by atoms with E-state index in [0.29, 0.717) is 6.42 Å². The van der Waals surface area contributed by atoms with Gasteiger partial charge in [0.05, 0.1) is 12.6 Å². The molecule has 0 aliphatic carbocycles. The highest BCUT2D eigenvalue weighted by atomic mass is 16.4. The van der Waals surface area contributed by atoms with Gasteiger partial charge in [-0.2, -0.15) is 0 Å². The topological polar surface area (TPSA) is 208 Å². The van der Waals surface area contributed by atoms with Crippen LogP contribution in [0, 0.1) is 5.92 Å². The van der Waals surface area contributed by atoms with Crippen molar-refractivity contribution in [3.8, 4) is 0 Å². The Morgan fingerprint density at radius 3 is 1.93 bits per heavy atom. The highest BCUT2D eigenvalue weighted by molar-refractivity contribution is 5.93. The summed E-state index contributed by atoms with van der Waals surface area (Å²) in [5.41, 5.74) is 5.75. The Balaban J connectivity index is 5.07. The van der Waals surface area contributed by atoms with Gasteiger partial charge in [0.1, 0.15) is 18.6 Å². The molecule has 3 amide bonds. The maximum Gasteiger partial charge on any atom is 0.322 e. The van der Waals surface area contributed by atoms with Crippen molar-refractivity contribution in [2.24, 2.45) is 11.7 Å². The number of carbonyl (C=O) groups excluding carboxylic acids is 3. The van der Waals surface area contributed by atoms with Crippen LogP contribution in [0.5, 0.6) is 0 Å². The van der Waals surface area contributed by atoms with Gasteiger partial charge in [0.2, 0.25) is 17.7 Å². The first-order chi connectivity index (χ1) is 13.0. The molecule has 0 heterocycles. The molecule has 160 valence electrons. The summed E-state index contributed by atoms with van der Waals surface area (Å²) in [5, 5.41) is 33.1. The minimum absolute atomic E-state index is 0.115. The van der Waals surface area contributed by atoms with Gasteiger partial charge in [0.15, 0.2) is 0 Å². The van der Waals surface area contributed by atoms with E-state index in [0.717, 1.165) is 0 Å². The number of nitrogens with two attached hydrogens (primary N) is 1. The lowest BCUT2D eigenvalue weighted by Gasteiger charge is -2.23. The number of aliphatic carboxylic acids is 2. The van der Waals surface area contributed by atoms with Gasteiger partial charge in [-0.3, -0.25) is 24.0 Å². The van der Waals surface area contributed by atoms with Crippen molar-refractivity contribution in [2.75, 3.05) is 13.2 Å². The first-order valence-corrected chi connectivity index (χ1v) is 8.66. The van der Waals surface area contributed by atoms with E-state index in [-0.39, 0.29) is 12.3 Å². The van der Waals surface area contributed by atoms with E-state index >= 15 is 0 Å². The number of aliphatic hydroxyl groups excluding tert-OH is 1. The van der Waals surface area contributed by atoms with Gasteiger partial charge < -0.3 is 37.0 Å². The zero-order valence-corrected chi connectivity index (χ0v) is 15.8. The van der Waals surface area contributed by atoms with Crippen LogP contribution in [0.4, 0.5) is 0 Å². The molecule has 0 saturated heterocycles. The second kappa shape index (κ2) is 12.6. The lowest BCUT2D eigenvalue weighted by atomic mass is 10.0. The minimum atomic E-state index is -1.47. The molecule has 0 rings (SSSR count). The predicted molar refractivity (Wildman–Crippen MR) is 95.9 cm³/mol. The van der Waals surface area contributed by atoms with Crippen LogP contribution in [0.15, 0.2) is 0 Å². The van der Waals surface area contributed by atoms with Gasteiger partial charge in [-0.05, 0) is 18.8 Å². The number of carbonyl (C=O) groups is 5. The summed E-state index contributed by atoms with van der Waals surface area (Å²) in [5.74, 6) is -4.91. The number of amides is 3. The largest absolute Gasteiger partial charge is 0.481 e. The van der Waals surface area contributed by atoms with Crippen molar-refractivity contribution >= 4 is 29.7 Å². The van der Waals surface area contributed by atoms with E-state index in [4.69, 9.17) is 15.9 Å². The summed E-state index contributed by atoms with van der Waals surface area (Å²) >= 11 is 0. The van der Waals surface area contributed by atoms with E-state index in [9.17, 15) is 29.1 Å². The highest BCUT2D eigenvalue weighted by Crippen LogP contribution is 2.05. The Hall–Kier alpha value is -2.73. The van der Waals surface area contributed by atoms with E-state index in [1.807, 2.05) is 19.2 Å². The van der Waals surface area contributed by atoms with E-state index < -0.39 is 67.4 Å². The van der Waals surface area contributed by atoms with Crippen molar-refractivity contribution in [3.05, 3.63) is 0 Å². The van der Waals surface area contributed by atoms with Crippen LogP contribution < -0.4 is 21.7 Å². The summed E-state index contributed by atoms with van der Waals surface area (Å²) in [6.45, 7) is 2.16. The molecule has 0 spiro atoms. The molecule has 0 aromatic carbocycles. The third-order valence-corrected chi connectivity index (χ3v) is 3.57. The summed E-state index contributed by atoms with van der Waals surface area (Å²) in [4.78, 5) is 57.6. The summed E-state index contributed by atoms with van der Waals surface area (Å²) in [6, 6.07) is -3.68. The number of hydrogen-bond donors (Lipinski definition) is 7. The minimum Gasteiger partial charge on any atom is -0.481 e. The van der Waals surface area contributed by atoms with Crippen LogP contribution in [-0.4, -0.2) is 76.3 Å². The fourth-order valence-corrected chi connectivity index (χ4v) is 2.18. The van der Waals surface area contributed by atoms with Gasteiger partial charge in [0, 0.05) is 6.42 Å². The van der Waals surface area contributed by atoms with E-state index in [2.05, 4.69) is 10.6 Å². The molecule has 0 aliphatic rings. The van der Waals surface area contributed by atoms with Crippen molar-refractivity contribution in [2.45, 2.75) is 51.2 Å². The fourth-order valence-electron chi connectivity index (χ4n) is 2.18. The van der Waals surface area contributed by atoms with Crippen LogP contribution in [0.2, 0.25) is 0 Å². The molecule has 28 heavy (non-hydrogen) atoms. The van der Waals surface area contributed by atoms with Gasteiger partial charge in [-0.25, -0.2) is 0 Å². The van der Waals surface area contributed by atoms with Crippen molar-refractivity contribution < 1.29 is 39.3 Å². The molecular formula is C16H28N4O8. The third-order valence-electron chi connectivity index (χ3n) is 3.57.